The Balaban J connectivity index is 4.09. The molecule has 0 amide bonds. The van der Waals surface area contributed by atoms with Gasteiger partial charge in [0.25, 0.3) is 0 Å². The fraction of sp³-hybridized carbons (Fsp3) is 0.500. The molecule has 0 bridgehead atoms. The summed E-state index contributed by atoms with van der Waals surface area (Å²) in [5, 5.41) is 0. The van der Waals surface area contributed by atoms with E-state index in [9.17, 15) is 4.79 Å². The van der Waals surface area contributed by atoms with Crippen LogP contribution in [0.25, 0.3) is 0 Å². The fourth-order valence-electron chi connectivity index (χ4n) is 0.514. The lowest BCUT2D eigenvalue weighted by atomic mass is 10.3. The Morgan fingerprint density at radius 2 is 2.42 bits per heavy atom. The first-order valence-electron chi connectivity index (χ1n) is 3.37. The van der Waals surface area contributed by atoms with Crippen LogP contribution in [-0.4, -0.2) is 18.6 Å². The summed E-state index contributed by atoms with van der Waals surface area (Å²) in [7, 11) is 0. The third-order valence-corrected chi connectivity index (χ3v) is 2.04. The highest BCUT2D eigenvalue weighted by molar-refractivity contribution is 14.1. The summed E-state index contributed by atoms with van der Waals surface area (Å²) in [5.74, 6) is 4.55. The van der Waals surface area contributed by atoms with Crippen molar-refractivity contribution in [3.05, 3.63) is 9.78 Å². The van der Waals surface area contributed by atoms with Gasteiger partial charge in [0.1, 0.15) is 6.04 Å². The van der Waals surface area contributed by atoms with Gasteiger partial charge in [-0.05, 0) is 29.5 Å². The van der Waals surface area contributed by atoms with Gasteiger partial charge in [0.05, 0.1) is 6.61 Å². The van der Waals surface area contributed by atoms with Crippen LogP contribution < -0.4 is 17.0 Å². The zero-order valence-corrected chi connectivity index (χ0v) is 8.87. The molecule has 6 heteroatoms. The summed E-state index contributed by atoms with van der Waals surface area (Å²) in [4.78, 5) is 11.0. The number of nitrogens with two attached hydrogens (primary N) is 2. The zero-order valence-electron chi connectivity index (χ0n) is 6.71. The van der Waals surface area contributed by atoms with Crippen LogP contribution in [0.3, 0.4) is 0 Å². The van der Waals surface area contributed by atoms with Gasteiger partial charge in [-0.15, -0.1) is 0 Å². The van der Waals surface area contributed by atoms with E-state index in [1.807, 2.05) is 22.6 Å². The molecule has 0 fully saturated rings. The Hall–Kier alpha value is -0.340. The Morgan fingerprint density at radius 1 is 1.83 bits per heavy atom. The molecular formula is C6H12IN3O2. The van der Waals surface area contributed by atoms with Crippen LogP contribution in [0.5, 0.6) is 0 Å². The SMILES string of the molecule is CCOC(=O)C(N)/C(I)=C\NN. The molecule has 70 valence electrons. The Kier molecular flexibility index (Phi) is 6.03. The second-order valence-corrected chi connectivity index (χ2v) is 3.17. The van der Waals surface area contributed by atoms with Crippen LogP contribution in [0.4, 0.5) is 0 Å². The van der Waals surface area contributed by atoms with Crippen molar-refractivity contribution < 1.29 is 9.53 Å². The Labute approximate surface area is 84.6 Å². The van der Waals surface area contributed by atoms with Gasteiger partial charge in [0.2, 0.25) is 0 Å². The maximum Gasteiger partial charge on any atom is 0.328 e. The lowest BCUT2D eigenvalue weighted by molar-refractivity contribution is -0.143. The first kappa shape index (κ1) is 11.7. The lowest BCUT2D eigenvalue weighted by Gasteiger charge is -2.09. The number of hydrogen-bond acceptors (Lipinski definition) is 5. The molecule has 0 aromatic carbocycles. The number of nitrogens with one attached hydrogen (secondary N) is 1. The van der Waals surface area contributed by atoms with Crippen molar-refractivity contribution in [1.29, 1.82) is 0 Å². The third-order valence-electron chi connectivity index (χ3n) is 1.06. The molecule has 0 aliphatic heterocycles. The molecule has 0 saturated heterocycles. The standard InChI is InChI=1S/C6H12IN3O2/c1-2-12-6(11)5(8)4(7)3-10-9/h3,5,10H,2,8-9H2,1H3/b4-3+. The molecule has 5 N–H and O–H groups in total. The van der Waals surface area contributed by atoms with Gasteiger partial charge >= 0.3 is 5.97 Å². The highest BCUT2D eigenvalue weighted by atomic mass is 127. The quantitative estimate of drug-likeness (QED) is 0.283. The molecule has 0 radical (unpaired) electrons. The minimum absolute atomic E-state index is 0.326. The van der Waals surface area contributed by atoms with E-state index in [2.05, 4.69) is 5.43 Å². The number of ether oxygens (including phenoxy) is 1. The number of hydrogen-bond donors (Lipinski definition) is 3. The first-order chi connectivity index (χ1) is 5.63. The van der Waals surface area contributed by atoms with E-state index in [1.54, 1.807) is 6.92 Å². The summed E-state index contributed by atoms with van der Waals surface area (Å²) < 4.78 is 5.30. The monoisotopic (exact) mass is 285 g/mol. The summed E-state index contributed by atoms with van der Waals surface area (Å²) in [5.41, 5.74) is 7.78. The van der Waals surface area contributed by atoms with Gasteiger partial charge in [-0.25, -0.2) is 4.79 Å². The highest BCUT2D eigenvalue weighted by Crippen LogP contribution is 2.09. The van der Waals surface area contributed by atoms with E-state index in [-0.39, 0.29) is 0 Å². The number of hydrazine groups is 1. The van der Waals surface area contributed by atoms with E-state index in [4.69, 9.17) is 16.3 Å². The first-order valence-corrected chi connectivity index (χ1v) is 4.45. The van der Waals surface area contributed by atoms with Crippen molar-refractivity contribution in [1.82, 2.24) is 5.43 Å². The molecular weight excluding hydrogens is 273 g/mol. The van der Waals surface area contributed by atoms with Crippen LogP contribution in [-0.2, 0) is 9.53 Å². The minimum Gasteiger partial charge on any atom is -0.465 e. The van der Waals surface area contributed by atoms with Gasteiger partial charge in [0, 0.05) is 9.78 Å². The lowest BCUT2D eigenvalue weighted by Crippen LogP contribution is -2.33. The maximum absolute atomic E-state index is 11.0. The van der Waals surface area contributed by atoms with Crippen LogP contribution >= 0.6 is 22.6 Å². The summed E-state index contributed by atoms with van der Waals surface area (Å²) in [6.07, 6.45) is 1.45. The summed E-state index contributed by atoms with van der Waals surface area (Å²) in [6.45, 7) is 2.05. The van der Waals surface area contributed by atoms with E-state index in [0.29, 0.717) is 10.2 Å². The van der Waals surface area contributed by atoms with E-state index in [1.165, 1.54) is 6.20 Å². The molecule has 0 aromatic rings. The molecule has 0 spiro atoms. The molecule has 0 aliphatic rings. The molecule has 1 atom stereocenters. The fourth-order valence-corrected chi connectivity index (χ4v) is 0.948. The predicted octanol–water partition coefficient (Wildman–Crippen LogP) is -0.383. The largest absolute Gasteiger partial charge is 0.465 e. The second-order valence-electron chi connectivity index (χ2n) is 1.93. The van der Waals surface area contributed by atoms with E-state index in [0.717, 1.165) is 0 Å². The van der Waals surface area contributed by atoms with Crippen LogP contribution in [0, 0.1) is 0 Å². The van der Waals surface area contributed by atoms with Crippen molar-refractivity contribution >= 4 is 28.6 Å². The number of carbonyl (C=O) groups is 1. The number of carbonyl (C=O) groups excluding carboxylic acids is 1. The van der Waals surface area contributed by atoms with Crippen molar-refractivity contribution in [3.8, 4) is 0 Å². The van der Waals surface area contributed by atoms with Crippen molar-refractivity contribution in [2.45, 2.75) is 13.0 Å². The molecule has 0 saturated carbocycles. The topological polar surface area (TPSA) is 90.4 Å². The summed E-state index contributed by atoms with van der Waals surface area (Å²) in [6, 6.07) is -0.749. The average Bonchev–Trinajstić information content (AvgIpc) is 2.04. The van der Waals surface area contributed by atoms with E-state index >= 15 is 0 Å². The second kappa shape index (κ2) is 6.21. The molecule has 1 unspecified atom stereocenters. The molecule has 5 nitrogen and oxygen atoms in total. The van der Waals surface area contributed by atoms with Gasteiger partial charge in [-0.2, -0.15) is 0 Å². The number of halogens is 1. The minimum atomic E-state index is -0.749. The molecule has 12 heavy (non-hydrogen) atoms. The third kappa shape index (κ3) is 3.88. The van der Waals surface area contributed by atoms with Crippen molar-refractivity contribution in [3.63, 3.8) is 0 Å². The average molecular weight is 285 g/mol. The number of rotatable bonds is 4. The van der Waals surface area contributed by atoms with Gasteiger partial charge in [0.15, 0.2) is 0 Å². The summed E-state index contributed by atoms with van der Waals surface area (Å²) >= 11 is 1.92. The Morgan fingerprint density at radius 3 is 2.83 bits per heavy atom. The zero-order chi connectivity index (χ0) is 9.56. The van der Waals surface area contributed by atoms with Gasteiger partial charge < -0.3 is 15.9 Å². The smallest absolute Gasteiger partial charge is 0.328 e. The van der Waals surface area contributed by atoms with Crippen LogP contribution in [0.1, 0.15) is 6.92 Å². The normalized spacial score (nSPS) is 13.8. The highest BCUT2D eigenvalue weighted by Gasteiger charge is 2.16. The molecule has 0 heterocycles. The van der Waals surface area contributed by atoms with Gasteiger partial charge in [-0.1, -0.05) is 0 Å². The predicted molar refractivity (Wildman–Crippen MR) is 54.0 cm³/mol. The molecule has 0 rings (SSSR count). The maximum atomic E-state index is 11.0. The van der Waals surface area contributed by atoms with Crippen molar-refractivity contribution in [2.24, 2.45) is 11.6 Å². The van der Waals surface area contributed by atoms with Crippen LogP contribution in [0.2, 0.25) is 0 Å². The van der Waals surface area contributed by atoms with Crippen LogP contribution in [0.15, 0.2) is 9.78 Å². The molecule has 0 aromatic heterocycles. The Bertz CT molecular complexity index is 184. The van der Waals surface area contributed by atoms with E-state index < -0.39 is 12.0 Å². The van der Waals surface area contributed by atoms with Crippen molar-refractivity contribution in [2.75, 3.05) is 6.61 Å². The molecule has 0 aliphatic carbocycles. The van der Waals surface area contributed by atoms with Gasteiger partial charge in [-0.3, -0.25) is 5.84 Å². The number of esters is 1.